The van der Waals surface area contributed by atoms with Crippen molar-refractivity contribution in [1.29, 1.82) is 0 Å². The van der Waals surface area contributed by atoms with Crippen molar-refractivity contribution in [3.63, 3.8) is 0 Å². The Bertz CT molecular complexity index is 321. The molecule has 1 N–H and O–H groups in total. The Balaban J connectivity index is 1.65. The summed E-state index contributed by atoms with van der Waals surface area (Å²) in [6, 6.07) is 0. The zero-order chi connectivity index (χ0) is 13.7. The molecule has 0 aliphatic carbocycles. The van der Waals surface area contributed by atoms with Crippen molar-refractivity contribution in [1.82, 2.24) is 14.7 Å². The third-order valence-corrected chi connectivity index (χ3v) is 3.92. The molecule has 0 atom stereocenters. The van der Waals surface area contributed by atoms with Crippen molar-refractivity contribution >= 4 is 11.9 Å². The maximum absolute atomic E-state index is 12.0. The van der Waals surface area contributed by atoms with E-state index in [1.165, 1.54) is 0 Å². The average molecular weight is 269 g/mol. The molecule has 6 heteroatoms. The number of piperazine rings is 1. The van der Waals surface area contributed by atoms with Crippen molar-refractivity contribution in [3.8, 4) is 0 Å². The average Bonchev–Trinajstić information content (AvgIpc) is 2.92. The molecule has 1 amide bonds. The number of carboxylic acid groups (broad SMARTS) is 1. The monoisotopic (exact) mass is 269 g/mol. The lowest BCUT2D eigenvalue weighted by Crippen LogP contribution is -2.50. The molecular formula is C13H23N3O3. The molecule has 0 spiro atoms. The summed E-state index contributed by atoms with van der Waals surface area (Å²) >= 11 is 0. The van der Waals surface area contributed by atoms with Crippen molar-refractivity contribution in [2.75, 3.05) is 52.4 Å². The summed E-state index contributed by atoms with van der Waals surface area (Å²) < 4.78 is 0. The smallest absolute Gasteiger partial charge is 0.304 e. The van der Waals surface area contributed by atoms with Crippen LogP contribution in [0.2, 0.25) is 0 Å². The summed E-state index contributed by atoms with van der Waals surface area (Å²) in [5, 5.41) is 8.65. The van der Waals surface area contributed by atoms with Gasteiger partial charge in [0, 0.05) is 45.8 Å². The molecule has 2 heterocycles. The number of amides is 1. The fraction of sp³-hybridized carbons (Fsp3) is 0.846. The fourth-order valence-electron chi connectivity index (χ4n) is 2.68. The Morgan fingerprint density at radius 2 is 1.47 bits per heavy atom. The number of rotatable bonds is 5. The fourth-order valence-corrected chi connectivity index (χ4v) is 2.68. The highest BCUT2D eigenvalue weighted by atomic mass is 16.4. The number of carboxylic acids is 1. The summed E-state index contributed by atoms with van der Waals surface area (Å²) in [6.07, 6.45) is 2.47. The second kappa shape index (κ2) is 6.86. The Morgan fingerprint density at radius 1 is 0.895 bits per heavy atom. The Kier molecular flexibility index (Phi) is 5.15. The molecule has 2 aliphatic rings. The number of hydrogen-bond acceptors (Lipinski definition) is 4. The van der Waals surface area contributed by atoms with Gasteiger partial charge in [-0.15, -0.1) is 0 Å². The molecule has 108 valence electrons. The van der Waals surface area contributed by atoms with Crippen LogP contribution in [-0.4, -0.2) is 84.0 Å². The lowest BCUT2D eigenvalue weighted by Gasteiger charge is -2.34. The highest BCUT2D eigenvalue weighted by Crippen LogP contribution is 2.09. The van der Waals surface area contributed by atoms with Gasteiger partial charge in [-0.1, -0.05) is 0 Å². The minimum Gasteiger partial charge on any atom is -0.481 e. The van der Waals surface area contributed by atoms with Gasteiger partial charge in [0.25, 0.3) is 0 Å². The van der Waals surface area contributed by atoms with Crippen LogP contribution >= 0.6 is 0 Å². The molecule has 0 aromatic rings. The second-order valence-electron chi connectivity index (χ2n) is 5.35. The number of carbonyl (C=O) groups excluding carboxylic acids is 1. The van der Waals surface area contributed by atoms with E-state index in [1.807, 2.05) is 4.90 Å². The molecular weight excluding hydrogens is 246 g/mol. The van der Waals surface area contributed by atoms with E-state index >= 15 is 0 Å². The van der Waals surface area contributed by atoms with Crippen molar-refractivity contribution in [2.45, 2.75) is 19.3 Å². The number of hydrogen-bond donors (Lipinski definition) is 1. The Hall–Kier alpha value is -1.14. The first-order valence-corrected chi connectivity index (χ1v) is 7.09. The zero-order valence-electron chi connectivity index (χ0n) is 11.4. The lowest BCUT2D eigenvalue weighted by molar-refractivity contribution is -0.137. The van der Waals surface area contributed by atoms with Gasteiger partial charge in [0.2, 0.25) is 5.91 Å². The predicted octanol–water partition coefficient (Wildman–Crippen LogP) is -0.299. The lowest BCUT2D eigenvalue weighted by atomic mass is 10.3. The SMILES string of the molecule is O=C(O)CCN1CCN(CC(=O)N2CCCC2)CC1. The van der Waals surface area contributed by atoms with Crippen LogP contribution in [0.4, 0.5) is 0 Å². The molecule has 0 unspecified atom stereocenters. The summed E-state index contributed by atoms with van der Waals surface area (Å²) in [7, 11) is 0. The van der Waals surface area contributed by atoms with E-state index in [4.69, 9.17) is 5.11 Å². The van der Waals surface area contributed by atoms with Gasteiger partial charge in [-0.25, -0.2) is 0 Å². The summed E-state index contributed by atoms with van der Waals surface area (Å²) in [4.78, 5) is 28.8. The van der Waals surface area contributed by atoms with Gasteiger partial charge in [0.05, 0.1) is 13.0 Å². The number of nitrogens with zero attached hydrogens (tertiary/aromatic N) is 3. The molecule has 2 saturated heterocycles. The molecule has 0 radical (unpaired) electrons. The normalized spacial score (nSPS) is 21.8. The van der Waals surface area contributed by atoms with Crippen molar-refractivity contribution < 1.29 is 14.7 Å². The van der Waals surface area contributed by atoms with E-state index < -0.39 is 5.97 Å². The molecule has 2 aliphatic heterocycles. The topological polar surface area (TPSA) is 64.1 Å². The first-order chi connectivity index (χ1) is 9.15. The van der Waals surface area contributed by atoms with Crippen LogP contribution in [-0.2, 0) is 9.59 Å². The third kappa shape index (κ3) is 4.47. The largest absolute Gasteiger partial charge is 0.481 e. The van der Waals surface area contributed by atoms with Crippen LogP contribution in [0.1, 0.15) is 19.3 Å². The summed E-state index contributed by atoms with van der Waals surface area (Å²) in [5.74, 6) is -0.497. The highest BCUT2D eigenvalue weighted by Gasteiger charge is 2.23. The van der Waals surface area contributed by atoms with Crippen molar-refractivity contribution in [2.24, 2.45) is 0 Å². The van der Waals surface area contributed by atoms with E-state index in [0.717, 1.165) is 52.1 Å². The van der Waals surface area contributed by atoms with Crippen LogP contribution in [0.3, 0.4) is 0 Å². The molecule has 19 heavy (non-hydrogen) atoms. The maximum Gasteiger partial charge on any atom is 0.304 e. The maximum atomic E-state index is 12.0. The van der Waals surface area contributed by atoms with Gasteiger partial charge in [-0.05, 0) is 12.8 Å². The van der Waals surface area contributed by atoms with E-state index in [-0.39, 0.29) is 12.3 Å². The quantitative estimate of drug-likeness (QED) is 0.742. The molecule has 0 saturated carbocycles. The molecule has 2 fully saturated rings. The minimum absolute atomic E-state index is 0.201. The first-order valence-electron chi connectivity index (χ1n) is 7.09. The molecule has 0 aromatic carbocycles. The first kappa shape index (κ1) is 14.3. The summed E-state index contributed by atoms with van der Waals surface area (Å²) in [5.41, 5.74) is 0. The standard InChI is InChI=1S/C13H23N3O3/c17-12(16-4-1-2-5-16)11-15-9-7-14(8-10-15)6-3-13(18)19/h1-11H2,(H,18,19). The Morgan fingerprint density at radius 3 is 2.05 bits per heavy atom. The zero-order valence-corrected chi connectivity index (χ0v) is 11.4. The van der Waals surface area contributed by atoms with Crippen LogP contribution < -0.4 is 0 Å². The van der Waals surface area contributed by atoms with E-state index in [1.54, 1.807) is 0 Å². The number of likely N-dealkylation sites (tertiary alicyclic amines) is 1. The third-order valence-electron chi connectivity index (χ3n) is 3.92. The van der Waals surface area contributed by atoms with Gasteiger partial charge in [0.15, 0.2) is 0 Å². The van der Waals surface area contributed by atoms with Gasteiger partial charge >= 0.3 is 5.97 Å². The molecule has 2 rings (SSSR count). The number of aliphatic carboxylic acids is 1. The van der Waals surface area contributed by atoms with Gasteiger partial charge in [-0.3, -0.25) is 14.5 Å². The number of carbonyl (C=O) groups is 2. The molecule has 0 aromatic heterocycles. The van der Waals surface area contributed by atoms with Crippen LogP contribution in [0.15, 0.2) is 0 Å². The molecule has 6 nitrogen and oxygen atoms in total. The highest BCUT2D eigenvalue weighted by molar-refractivity contribution is 5.78. The second-order valence-corrected chi connectivity index (χ2v) is 5.35. The summed E-state index contributed by atoms with van der Waals surface area (Å²) in [6.45, 7) is 6.41. The van der Waals surface area contributed by atoms with Gasteiger partial charge in [-0.2, -0.15) is 0 Å². The van der Waals surface area contributed by atoms with E-state index in [2.05, 4.69) is 9.80 Å². The predicted molar refractivity (Wildman–Crippen MR) is 70.9 cm³/mol. The minimum atomic E-state index is -0.744. The Labute approximate surface area is 114 Å². The molecule has 0 bridgehead atoms. The van der Waals surface area contributed by atoms with Gasteiger partial charge in [0.1, 0.15) is 0 Å². The van der Waals surface area contributed by atoms with Crippen molar-refractivity contribution in [3.05, 3.63) is 0 Å². The van der Waals surface area contributed by atoms with E-state index in [9.17, 15) is 9.59 Å². The van der Waals surface area contributed by atoms with Crippen LogP contribution in [0.25, 0.3) is 0 Å². The van der Waals surface area contributed by atoms with Crippen LogP contribution in [0.5, 0.6) is 0 Å². The van der Waals surface area contributed by atoms with E-state index in [0.29, 0.717) is 13.1 Å². The van der Waals surface area contributed by atoms with Crippen LogP contribution in [0, 0.1) is 0 Å². The van der Waals surface area contributed by atoms with Gasteiger partial charge < -0.3 is 14.9 Å².